The predicted molar refractivity (Wildman–Crippen MR) is 190 cm³/mol. The first-order valence-corrected chi connectivity index (χ1v) is 18.0. The van der Waals surface area contributed by atoms with E-state index in [2.05, 4.69) is 30.9 Å². The number of amides is 3. The maximum absolute atomic E-state index is 13.5. The van der Waals surface area contributed by atoms with E-state index in [0.717, 1.165) is 11.3 Å². The summed E-state index contributed by atoms with van der Waals surface area (Å²) >= 11 is 0. The number of aliphatic hydroxyl groups excluding tert-OH is 1. The molecule has 2 aromatic carbocycles. The fraction of sp³-hybridized carbons (Fsp3) is 0.514. The maximum Gasteiger partial charge on any atom is 0.247 e. The van der Waals surface area contributed by atoms with Crippen molar-refractivity contribution in [2.45, 2.75) is 90.4 Å². The van der Waals surface area contributed by atoms with E-state index in [4.69, 9.17) is 4.42 Å². The number of hydrogen-bond donors (Lipinski definition) is 5. The molecule has 0 saturated carbocycles. The highest BCUT2D eigenvalue weighted by atomic mass is 32.2. The highest BCUT2D eigenvalue weighted by Gasteiger charge is 2.33. The molecular formula is C35H51N7O7S. The lowest BCUT2D eigenvalue weighted by molar-refractivity contribution is -0.131. The summed E-state index contributed by atoms with van der Waals surface area (Å²) in [6.07, 6.45) is -1.55. The van der Waals surface area contributed by atoms with Crippen molar-refractivity contribution in [1.29, 1.82) is 0 Å². The van der Waals surface area contributed by atoms with Gasteiger partial charge in [-0.15, -0.1) is 10.2 Å². The fourth-order valence-corrected chi connectivity index (χ4v) is 5.98. The number of rotatable bonds is 16. The van der Waals surface area contributed by atoms with Crippen LogP contribution in [-0.4, -0.2) is 80.2 Å². The van der Waals surface area contributed by atoms with Gasteiger partial charge in [-0.05, 0) is 68.0 Å². The summed E-state index contributed by atoms with van der Waals surface area (Å²) in [5.41, 5.74) is 2.23. The van der Waals surface area contributed by atoms with Crippen LogP contribution in [-0.2, 0) is 24.4 Å². The largest absolute Gasteiger partial charge is 0.418 e. The summed E-state index contributed by atoms with van der Waals surface area (Å²) in [5.74, 6) is -1.93. The fourth-order valence-electron chi connectivity index (χ4n) is 4.79. The van der Waals surface area contributed by atoms with E-state index in [-0.39, 0.29) is 28.0 Å². The number of aryl methyl sites for hydroxylation is 1. The number of nitrogens with one attached hydrogen (secondary N) is 4. The van der Waals surface area contributed by atoms with Crippen molar-refractivity contribution in [2.24, 2.45) is 11.3 Å². The molecule has 15 heteroatoms. The monoisotopic (exact) mass is 713 g/mol. The molecule has 0 radical (unpaired) electrons. The zero-order valence-corrected chi connectivity index (χ0v) is 31.1. The van der Waals surface area contributed by atoms with Crippen molar-refractivity contribution in [3.05, 3.63) is 60.0 Å². The lowest BCUT2D eigenvalue weighted by atomic mass is 9.97. The molecule has 0 aliphatic heterocycles. The molecule has 0 fully saturated rings. The van der Waals surface area contributed by atoms with Crippen molar-refractivity contribution in [2.75, 3.05) is 25.5 Å². The van der Waals surface area contributed by atoms with Gasteiger partial charge in [-0.1, -0.05) is 52.3 Å². The Morgan fingerprint density at radius 1 is 0.920 bits per heavy atom. The zero-order valence-electron chi connectivity index (χ0n) is 30.3. The molecule has 0 aliphatic rings. The van der Waals surface area contributed by atoms with Crippen molar-refractivity contribution in [1.82, 2.24) is 30.9 Å². The van der Waals surface area contributed by atoms with E-state index in [1.54, 1.807) is 12.1 Å². The Kier molecular flexibility index (Phi) is 13.7. The summed E-state index contributed by atoms with van der Waals surface area (Å²) in [6.45, 7) is 13.1. The van der Waals surface area contributed by atoms with Crippen LogP contribution in [0, 0.1) is 18.3 Å². The molecule has 50 heavy (non-hydrogen) atoms. The molecule has 14 nitrogen and oxygen atoms in total. The molecule has 4 atom stereocenters. The third kappa shape index (κ3) is 11.9. The van der Waals surface area contributed by atoms with Gasteiger partial charge in [0.25, 0.3) is 0 Å². The number of nitrogens with zero attached hydrogens (tertiary/aromatic N) is 3. The molecule has 1 heterocycles. The smallest absolute Gasteiger partial charge is 0.247 e. The van der Waals surface area contributed by atoms with E-state index in [1.807, 2.05) is 84.8 Å². The van der Waals surface area contributed by atoms with Crippen LogP contribution in [0.4, 0.5) is 5.69 Å². The first-order valence-electron chi connectivity index (χ1n) is 16.5. The second-order valence-corrected chi connectivity index (χ2v) is 16.0. The summed E-state index contributed by atoms with van der Waals surface area (Å²) in [6, 6.07) is 9.87. The number of carbonyl (C=O) groups excluding carboxylic acids is 3. The van der Waals surface area contributed by atoms with Gasteiger partial charge in [0.05, 0.1) is 17.4 Å². The summed E-state index contributed by atoms with van der Waals surface area (Å²) in [4.78, 5) is 41.6. The van der Waals surface area contributed by atoms with Gasteiger partial charge < -0.3 is 30.4 Å². The Morgan fingerprint density at radius 2 is 1.54 bits per heavy atom. The average molecular weight is 714 g/mol. The lowest BCUT2D eigenvalue weighted by Gasteiger charge is -2.26. The molecule has 0 bridgehead atoms. The lowest BCUT2D eigenvalue weighted by Crippen LogP contribution is -2.55. The molecule has 3 aromatic rings. The molecule has 0 spiro atoms. The first-order chi connectivity index (χ1) is 23.3. The van der Waals surface area contributed by atoms with Gasteiger partial charge in [-0.3, -0.25) is 14.4 Å². The predicted octanol–water partition coefficient (Wildman–Crippen LogP) is 3.08. The minimum atomic E-state index is -4.21. The number of aliphatic hydroxyl groups is 1. The quantitative estimate of drug-likeness (QED) is 0.147. The molecule has 0 aliphatic carbocycles. The van der Waals surface area contributed by atoms with E-state index >= 15 is 0 Å². The van der Waals surface area contributed by atoms with Gasteiger partial charge >= 0.3 is 0 Å². The van der Waals surface area contributed by atoms with Crippen molar-refractivity contribution in [3.8, 4) is 11.5 Å². The average Bonchev–Trinajstić information content (AvgIpc) is 3.53. The number of sulfonamides is 1. The van der Waals surface area contributed by atoms with Gasteiger partial charge in [0, 0.05) is 31.9 Å². The third-order valence-corrected chi connectivity index (χ3v) is 9.15. The molecule has 3 rings (SSSR count). The molecular weight excluding hydrogens is 662 g/mol. The van der Waals surface area contributed by atoms with Crippen molar-refractivity contribution >= 4 is 33.4 Å². The third-order valence-electron chi connectivity index (χ3n) is 7.66. The molecule has 0 saturated heterocycles. The van der Waals surface area contributed by atoms with Crippen LogP contribution in [0.2, 0.25) is 0 Å². The highest BCUT2D eigenvalue weighted by Crippen LogP contribution is 2.26. The summed E-state index contributed by atoms with van der Waals surface area (Å²) in [7, 11) is -0.370. The van der Waals surface area contributed by atoms with Crippen LogP contribution >= 0.6 is 0 Å². The Balaban J connectivity index is 1.75. The summed E-state index contributed by atoms with van der Waals surface area (Å²) < 4.78 is 34.6. The van der Waals surface area contributed by atoms with Crippen LogP contribution in [0.3, 0.4) is 0 Å². The number of hydrogen-bond acceptors (Lipinski definition) is 10. The van der Waals surface area contributed by atoms with Crippen LogP contribution in [0.15, 0.2) is 57.8 Å². The van der Waals surface area contributed by atoms with E-state index in [9.17, 15) is 27.9 Å². The molecule has 5 N–H and O–H groups in total. The maximum atomic E-state index is 13.5. The molecule has 1 aromatic heterocycles. The minimum Gasteiger partial charge on any atom is -0.418 e. The van der Waals surface area contributed by atoms with E-state index in [0.29, 0.717) is 18.5 Å². The highest BCUT2D eigenvalue weighted by molar-refractivity contribution is 7.89. The molecule has 1 unspecified atom stereocenters. The Hall–Kier alpha value is -4.34. The van der Waals surface area contributed by atoms with Crippen molar-refractivity contribution < 1.29 is 32.3 Å². The van der Waals surface area contributed by atoms with Crippen LogP contribution in [0.5, 0.6) is 0 Å². The Bertz CT molecular complexity index is 1700. The van der Waals surface area contributed by atoms with Crippen molar-refractivity contribution in [3.63, 3.8) is 0 Å². The number of aromatic nitrogens is 2. The molecule has 274 valence electrons. The first kappa shape index (κ1) is 40.1. The SMILES string of the molecule is Cc1ccc(S(=O)(=O)N[C@@H](CC(=O)NCC(C)(C)C)C(=O)N[C@@H](C)C(=O)N[C@@H](CC(C)C)C(O)c2nnc(-c3ccc(N(C)C)cc3)o2)cc1. The topological polar surface area (TPSA) is 196 Å². The number of anilines is 1. The van der Waals surface area contributed by atoms with Gasteiger partial charge in [0.1, 0.15) is 12.1 Å². The molecule has 3 amide bonds. The van der Waals surface area contributed by atoms with E-state index < -0.39 is 58.4 Å². The second-order valence-electron chi connectivity index (χ2n) is 14.3. The standard InChI is InChI=1S/C35H51N7O7S/c1-21(2)18-27(30(44)34-40-39-33(49-34)24-12-14-25(15-13-24)42(8)9)38-31(45)23(4)37-32(46)28(19-29(43)36-20-35(5,6)7)41-50(47,48)26-16-10-22(3)11-17-26/h10-17,21,23,27-28,30,41,44H,18-20H2,1-9H3,(H,36,43)(H,37,46)(H,38,45)/t23-,27-,28-,30?/m0/s1. The zero-order chi connectivity index (χ0) is 37.4. The second kappa shape index (κ2) is 17.1. The minimum absolute atomic E-state index is 0.0352. The summed E-state index contributed by atoms with van der Waals surface area (Å²) in [5, 5.41) is 27.3. The Labute approximate surface area is 294 Å². The van der Waals surface area contributed by atoms with E-state index in [1.165, 1.54) is 19.1 Å². The van der Waals surface area contributed by atoms with Crippen LogP contribution in [0.25, 0.3) is 11.5 Å². The van der Waals surface area contributed by atoms with Gasteiger partial charge in [0.15, 0.2) is 6.10 Å². The Morgan fingerprint density at radius 3 is 2.10 bits per heavy atom. The van der Waals surface area contributed by atoms with Crippen LogP contribution in [0.1, 0.15) is 71.9 Å². The number of benzene rings is 2. The van der Waals surface area contributed by atoms with Gasteiger partial charge in [-0.2, -0.15) is 4.72 Å². The van der Waals surface area contributed by atoms with Gasteiger partial charge in [-0.25, -0.2) is 8.42 Å². The van der Waals surface area contributed by atoms with Crippen LogP contribution < -0.4 is 25.6 Å². The number of carbonyl (C=O) groups is 3. The van der Waals surface area contributed by atoms with Gasteiger partial charge in [0.2, 0.25) is 39.5 Å². The normalized spacial score (nSPS) is 14.4.